The standard InChI is InChI=1S/C7H14ClNO2S/c8-12(10,11)9-7-5-3-1-2-4-6-7/h7,9H,1-6H2. The van der Waals surface area contributed by atoms with Crippen molar-refractivity contribution in [2.24, 2.45) is 0 Å². The van der Waals surface area contributed by atoms with Crippen LogP contribution in [0.25, 0.3) is 0 Å². The van der Waals surface area contributed by atoms with Gasteiger partial charge in [0.15, 0.2) is 0 Å². The summed E-state index contributed by atoms with van der Waals surface area (Å²) in [6.45, 7) is 0. The summed E-state index contributed by atoms with van der Waals surface area (Å²) in [5, 5.41) is 0. The Balaban J connectivity index is 2.40. The molecule has 0 radical (unpaired) electrons. The zero-order chi connectivity index (χ0) is 9.03. The third kappa shape index (κ3) is 4.28. The first kappa shape index (κ1) is 10.3. The second-order valence-electron chi connectivity index (χ2n) is 3.24. The maximum Gasteiger partial charge on any atom is 0.297 e. The molecule has 1 rings (SSSR count). The van der Waals surface area contributed by atoms with E-state index < -0.39 is 9.24 Å². The molecule has 72 valence electrons. The van der Waals surface area contributed by atoms with Crippen LogP contribution in [0.4, 0.5) is 0 Å². The second kappa shape index (κ2) is 4.44. The third-order valence-electron chi connectivity index (χ3n) is 2.16. The highest BCUT2D eigenvalue weighted by atomic mass is 35.7. The molecule has 1 aliphatic rings. The van der Waals surface area contributed by atoms with E-state index in [0.717, 1.165) is 25.7 Å². The quantitative estimate of drug-likeness (QED) is 0.559. The highest BCUT2D eigenvalue weighted by Gasteiger charge is 2.16. The van der Waals surface area contributed by atoms with Crippen molar-refractivity contribution in [2.45, 2.75) is 44.6 Å². The minimum Gasteiger partial charge on any atom is -0.199 e. The Morgan fingerprint density at radius 1 is 1.08 bits per heavy atom. The molecule has 0 atom stereocenters. The first-order valence-electron chi connectivity index (χ1n) is 4.30. The van der Waals surface area contributed by atoms with E-state index >= 15 is 0 Å². The molecule has 0 heterocycles. The summed E-state index contributed by atoms with van der Waals surface area (Å²) in [5.41, 5.74) is 0. The Labute approximate surface area is 78.0 Å². The van der Waals surface area contributed by atoms with Crippen molar-refractivity contribution >= 4 is 19.9 Å². The van der Waals surface area contributed by atoms with Gasteiger partial charge in [0.05, 0.1) is 0 Å². The van der Waals surface area contributed by atoms with Crippen LogP contribution in [-0.2, 0) is 9.24 Å². The van der Waals surface area contributed by atoms with Gasteiger partial charge in [-0.15, -0.1) is 0 Å². The van der Waals surface area contributed by atoms with Crippen LogP contribution in [0.2, 0.25) is 0 Å². The van der Waals surface area contributed by atoms with Crippen molar-refractivity contribution in [1.29, 1.82) is 0 Å². The number of halogens is 1. The first-order chi connectivity index (χ1) is 5.58. The van der Waals surface area contributed by atoms with Gasteiger partial charge in [-0.3, -0.25) is 0 Å². The lowest BCUT2D eigenvalue weighted by molar-refractivity contribution is 0.518. The van der Waals surface area contributed by atoms with Crippen LogP contribution in [0.5, 0.6) is 0 Å². The Morgan fingerprint density at radius 3 is 2.00 bits per heavy atom. The van der Waals surface area contributed by atoms with E-state index in [-0.39, 0.29) is 6.04 Å². The highest BCUT2D eigenvalue weighted by Crippen LogP contribution is 2.18. The number of nitrogens with one attached hydrogen (secondary N) is 1. The van der Waals surface area contributed by atoms with Crippen molar-refractivity contribution in [3.05, 3.63) is 0 Å². The van der Waals surface area contributed by atoms with E-state index in [9.17, 15) is 8.42 Å². The van der Waals surface area contributed by atoms with E-state index in [1.807, 2.05) is 0 Å². The molecule has 3 nitrogen and oxygen atoms in total. The molecule has 0 aromatic rings. The lowest BCUT2D eigenvalue weighted by atomic mass is 10.1. The first-order valence-corrected chi connectivity index (χ1v) is 6.61. The molecular weight excluding hydrogens is 198 g/mol. The minimum atomic E-state index is -3.52. The summed E-state index contributed by atoms with van der Waals surface area (Å²) >= 11 is 0. The largest absolute Gasteiger partial charge is 0.297 e. The van der Waals surface area contributed by atoms with Gasteiger partial charge in [0.25, 0.3) is 9.24 Å². The van der Waals surface area contributed by atoms with Gasteiger partial charge in [-0.25, -0.2) is 0 Å². The average Bonchev–Trinajstić information content (AvgIpc) is 2.12. The smallest absolute Gasteiger partial charge is 0.199 e. The van der Waals surface area contributed by atoms with E-state index in [4.69, 9.17) is 10.7 Å². The van der Waals surface area contributed by atoms with Gasteiger partial charge >= 0.3 is 0 Å². The van der Waals surface area contributed by atoms with Crippen molar-refractivity contribution in [3.63, 3.8) is 0 Å². The molecular formula is C7H14ClNO2S. The Morgan fingerprint density at radius 2 is 1.58 bits per heavy atom. The van der Waals surface area contributed by atoms with Crippen LogP contribution in [-0.4, -0.2) is 14.5 Å². The normalized spacial score (nSPS) is 22.1. The van der Waals surface area contributed by atoms with Gasteiger partial charge in [0, 0.05) is 16.7 Å². The predicted molar refractivity (Wildman–Crippen MR) is 49.4 cm³/mol. The molecule has 1 saturated carbocycles. The average molecular weight is 212 g/mol. The maximum atomic E-state index is 10.7. The molecule has 0 aliphatic heterocycles. The number of hydrogen-bond acceptors (Lipinski definition) is 2. The predicted octanol–water partition coefficient (Wildman–Crippen LogP) is 1.78. The molecule has 0 aromatic heterocycles. The van der Waals surface area contributed by atoms with Crippen LogP contribution in [0, 0.1) is 0 Å². The SMILES string of the molecule is O=S(=O)(Cl)NC1CCCCCC1. The van der Waals surface area contributed by atoms with Crippen molar-refractivity contribution < 1.29 is 8.42 Å². The van der Waals surface area contributed by atoms with E-state index in [1.54, 1.807) is 0 Å². The van der Waals surface area contributed by atoms with Gasteiger partial charge in [-0.05, 0) is 12.8 Å². The van der Waals surface area contributed by atoms with Crippen LogP contribution < -0.4 is 4.72 Å². The lowest BCUT2D eigenvalue weighted by Crippen LogP contribution is -2.31. The van der Waals surface area contributed by atoms with Gasteiger partial charge in [0.2, 0.25) is 0 Å². The fraction of sp³-hybridized carbons (Fsp3) is 1.00. The zero-order valence-corrected chi connectivity index (χ0v) is 8.50. The van der Waals surface area contributed by atoms with E-state index in [1.165, 1.54) is 12.8 Å². The molecule has 1 fully saturated rings. The maximum absolute atomic E-state index is 10.7. The topological polar surface area (TPSA) is 46.2 Å². The molecule has 0 aromatic carbocycles. The lowest BCUT2D eigenvalue weighted by Gasteiger charge is -2.12. The molecule has 0 saturated heterocycles. The fourth-order valence-corrected chi connectivity index (χ4v) is 2.61. The Hall–Kier alpha value is 0.200. The number of rotatable bonds is 2. The fourth-order valence-electron chi connectivity index (χ4n) is 1.60. The Kier molecular flexibility index (Phi) is 3.80. The van der Waals surface area contributed by atoms with Gasteiger partial charge in [0.1, 0.15) is 0 Å². The van der Waals surface area contributed by atoms with Crippen LogP contribution in [0.1, 0.15) is 38.5 Å². The summed E-state index contributed by atoms with van der Waals surface area (Å²) < 4.78 is 23.8. The molecule has 1 aliphatic carbocycles. The summed E-state index contributed by atoms with van der Waals surface area (Å²) in [6.07, 6.45) is 6.47. The monoisotopic (exact) mass is 211 g/mol. The molecule has 12 heavy (non-hydrogen) atoms. The Bertz CT molecular complexity index is 220. The van der Waals surface area contributed by atoms with E-state index in [0.29, 0.717) is 0 Å². The second-order valence-corrected chi connectivity index (χ2v) is 5.57. The van der Waals surface area contributed by atoms with Crippen LogP contribution in [0.15, 0.2) is 0 Å². The number of hydrogen-bond donors (Lipinski definition) is 1. The summed E-state index contributed by atoms with van der Waals surface area (Å²) in [4.78, 5) is 0. The van der Waals surface area contributed by atoms with Crippen LogP contribution >= 0.6 is 10.7 Å². The molecule has 0 unspecified atom stereocenters. The molecule has 0 spiro atoms. The molecule has 0 bridgehead atoms. The molecule has 5 heteroatoms. The summed E-state index contributed by atoms with van der Waals surface area (Å²) in [6, 6.07) is 0.0648. The van der Waals surface area contributed by atoms with Gasteiger partial charge in [-0.1, -0.05) is 25.7 Å². The van der Waals surface area contributed by atoms with Crippen molar-refractivity contribution in [3.8, 4) is 0 Å². The van der Waals surface area contributed by atoms with Crippen LogP contribution in [0.3, 0.4) is 0 Å². The minimum absolute atomic E-state index is 0.0648. The third-order valence-corrected chi connectivity index (χ3v) is 3.04. The molecule has 0 amide bonds. The van der Waals surface area contributed by atoms with Gasteiger partial charge < -0.3 is 0 Å². The van der Waals surface area contributed by atoms with Crippen molar-refractivity contribution in [1.82, 2.24) is 4.72 Å². The van der Waals surface area contributed by atoms with Gasteiger partial charge in [-0.2, -0.15) is 13.1 Å². The summed E-state index contributed by atoms with van der Waals surface area (Å²) in [7, 11) is 1.56. The summed E-state index contributed by atoms with van der Waals surface area (Å²) in [5.74, 6) is 0. The van der Waals surface area contributed by atoms with E-state index in [2.05, 4.69) is 4.72 Å². The van der Waals surface area contributed by atoms with Crippen molar-refractivity contribution in [2.75, 3.05) is 0 Å². The molecule has 1 N–H and O–H groups in total. The highest BCUT2D eigenvalue weighted by molar-refractivity contribution is 8.12. The zero-order valence-electron chi connectivity index (χ0n) is 6.92.